The predicted octanol–water partition coefficient (Wildman–Crippen LogP) is 2.25. The minimum atomic E-state index is -0.810. The Balaban J connectivity index is 1.86. The molecule has 0 aliphatic carbocycles. The monoisotopic (exact) mass is 245 g/mol. The Morgan fingerprint density at radius 1 is 1.61 bits per heavy atom. The summed E-state index contributed by atoms with van der Waals surface area (Å²) in [5, 5.41) is 10.2. The molecule has 2 N–H and O–H groups in total. The van der Waals surface area contributed by atoms with Gasteiger partial charge in [0.2, 0.25) is 0 Å². The first-order chi connectivity index (χ1) is 8.75. The first kappa shape index (κ1) is 11.1. The minimum Gasteiger partial charge on any atom is -0.465 e. The van der Waals surface area contributed by atoms with Crippen molar-refractivity contribution in [3.8, 4) is 0 Å². The lowest BCUT2D eigenvalue weighted by Crippen LogP contribution is -2.35. The number of carbonyl (C=O) groups is 1. The molecule has 3 rings (SSSR count). The SMILES string of the molecule is O=C(O)N1CCCC1Cc1c[nH]c2ncccc12. The molecule has 1 unspecified atom stereocenters. The summed E-state index contributed by atoms with van der Waals surface area (Å²) in [6.45, 7) is 0.653. The van der Waals surface area contributed by atoms with Crippen LogP contribution in [0.1, 0.15) is 18.4 Å². The smallest absolute Gasteiger partial charge is 0.407 e. The van der Waals surface area contributed by atoms with Crippen LogP contribution < -0.4 is 0 Å². The zero-order chi connectivity index (χ0) is 12.5. The summed E-state index contributed by atoms with van der Waals surface area (Å²) in [4.78, 5) is 20.0. The summed E-state index contributed by atoms with van der Waals surface area (Å²) < 4.78 is 0. The van der Waals surface area contributed by atoms with Crippen LogP contribution in [0.5, 0.6) is 0 Å². The fourth-order valence-electron chi connectivity index (χ4n) is 2.74. The van der Waals surface area contributed by atoms with Gasteiger partial charge in [0.25, 0.3) is 0 Å². The van der Waals surface area contributed by atoms with Crippen LogP contribution in [0.15, 0.2) is 24.5 Å². The Labute approximate surface area is 104 Å². The molecule has 94 valence electrons. The number of aromatic amines is 1. The summed E-state index contributed by atoms with van der Waals surface area (Å²) >= 11 is 0. The number of nitrogens with one attached hydrogen (secondary N) is 1. The van der Waals surface area contributed by atoms with Crippen molar-refractivity contribution in [1.29, 1.82) is 0 Å². The molecular weight excluding hydrogens is 230 g/mol. The van der Waals surface area contributed by atoms with E-state index in [-0.39, 0.29) is 6.04 Å². The van der Waals surface area contributed by atoms with E-state index in [4.69, 9.17) is 5.11 Å². The zero-order valence-corrected chi connectivity index (χ0v) is 9.97. The molecule has 0 aromatic carbocycles. The molecule has 1 atom stereocenters. The quantitative estimate of drug-likeness (QED) is 0.852. The molecule has 18 heavy (non-hydrogen) atoms. The number of rotatable bonds is 2. The maximum absolute atomic E-state index is 11.1. The van der Waals surface area contributed by atoms with Crippen LogP contribution in [-0.2, 0) is 6.42 Å². The number of H-pyrrole nitrogens is 1. The van der Waals surface area contributed by atoms with E-state index in [0.29, 0.717) is 6.54 Å². The number of nitrogens with zero attached hydrogens (tertiary/aromatic N) is 2. The highest BCUT2D eigenvalue weighted by Gasteiger charge is 2.28. The minimum absolute atomic E-state index is 0.0988. The van der Waals surface area contributed by atoms with Gasteiger partial charge in [-0.25, -0.2) is 9.78 Å². The summed E-state index contributed by atoms with van der Waals surface area (Å²) in [7, 11) is 0. The van der Waals surface area contributed by atoms with Gasteiger partial charge in [-0.3, -0.25) is 0 Å². The van der Waals surface area contributed by atoms with Crippen molar-refractivity contribution in [2.75, 3.05) is 6.54 Å². The van der Waals surface area contributed by atoms with Crippen LogP contribution in [0.25, 0.3) is 11.0 Å². The number of likely N-dealkylation sites (tertiary alicyclic amines) is 1. The van der Waals surface area contributed by atoms with E-state index in [1.165, 1.54) is 0 Å². The Bertz CT molecular complexity index is 578. The fourth-order valence-corrected chi connectivity index (χ4v) is 2.74. The molecule has 3 heterocycles. The van der Waals surface area contributed by atoms with Gasteiger partial charge in [-0.15, -0.1) is 0 Å². The lowest BCUT2D eigenvalue weighted by Gasteiger charge is -2.21. The average Bonchev–Trinajstić information content (AvgIpc) is 2.97. The molecule has 2 aromatic heterocycles. The van der Waals surface area contributed by atoms with Gasteiger partial charge in [-0.2, -0.15) is 0 Å². The van der Waals surface area contributed by atoms with E-state index in [1.54, 1.807) is 11.1 Å². The van der Waals surface area contributed by atoms with Gasteiger partial charge in [-0.1, -0.05) is 0 Å². The third-order valence-electron chi connectivity index (χ3n) is 3.62. The molecule has 1 aliphatic heterocycles. The van der Waals surface area contributed by atoms with Crippen molar-refractivity contribution in [2.24, 2.45) is 0 Å². The Kier molecular flexibility index (Phi) is 2.66. The standard InChI is InChI=1S/C13H15N3O2/c17-13(18)16-6-2-3-10(16)7-9-8-15-12-11(9)4-1-5-14-12/h1,4-5,8,10H,2-3,6-7H2,(H,14,15)(H,17,18). The molecule has 1 fully saturated rings. The molecule has 1 saturated heterocycles. The highest BCUT2D eigenvalue weighted by atomic mass is 16.4. The van der Waals surface area contributed by atoms with Gasteiger partial charge in [0.1, 0.15) is 5.65 Å². The summed E-state index contributed by atoms with van der Waals surface area (Å²) in [6, 6.07) is 4.03. The number of carboxylic acid groups (broad SMARTS) is 1. The second-order valence-corrected chi connectivity index (χ2v) is 4.69. The molecule has 0 bridgehead atoms. The highest BCUT2D eigenvalue weighted by molar-refractivity contribution is 5.79. The zero-order valence-electron chi connectivity index (χ0n) is 9.97. The average molecular weight is 245 g/mol. The second-order valence-electron chi connectivity index (χ2n) is 4.69. The number of hydrogen-bond acceptors (Lipinski definition) is 2. The van der Waals surface area contributed by atoms with E-state index in [2.05, 4.69) is 9.97 Å². The van der Waals surface area contributed by atoms with E-state index < -0.39 is 6.09 Å². The number of pyridine rings is 1. The van der Waals surface area contributed by atoms with Crippen LogP contribution in [-0.4, -0.2) is 38.7 Å². The second kappa shape index (κ2) is 4.33. The van der Waals surface area contributed by atoms with Crippen molar-refractivity contribution < 1.29 is 9.90 Å². The summed E-state index contributed by atoms with van der Waals surface area (Å²) in [6.07, 6.45) is 5.54. The Hall–Kier alpha value is -2.04. The molecule has 1 aliphatic rings. The summed E-state index contributed by atoms with van der Waals surface area (Å²) in [5.74, 6) is 0. The highest BCUT2D eigenvalue weighted by Crippen LogP contribution is 2.24. The fraction of sp³-hybridized carbons (Fsp3) is 0.385. The van der Waals surface area contributed by atoms with E-state index in [9.17, 15) is 4.79 Å². The van der Waals surface area contributed by atoms with Gasteiger partial charge in [-0.05, 0) is 37.0 Å². The van der Waals surface area contributed by atoms with Gasteiger partial charge in [0, 0.05) is 30.4 Å². The summed E-state index contributed by atoms with van der Waals surface area (Å²) in [5.41, 5.74) is 2.02. The van der Waals surface area contributed by atoms with Crippen LogP contribution in [0.3, 0.4) is 0 Å². The van der Waals surface area contributed by atoms with E-state index >= 15 is 0 Å². The van der Waals surface area contributed by atoms with Gasteiger partial charge in [0.05, 0.1) is 0 Å². The molecule has 2 aromatic rings. The predicted molar refractivity (Wildman–Crippen MR) is 67.6 cm³/mol. The number of hydrogen-bond donors (Lipinski definition) is 2. The number of fused-ring (bicyclic) bond motifs is 1. The van der Waals surface area contributed by atoms with E-state index in [1.807, 2.05) is 18.3 Å². The van der Waals surface area contributed by atoms with Crippen LogP contribution >= 0.6 is 0 Å². The van der Waals surface area contributed by atoms with Crippen LogP contribution in [0.4, 0.5) is 4.79 Å². The molecule has 0 saturated carbocycles. The topological polar surface area (TPSA) is 69.2 Å². The molecular formula is C13H15N3O2. The van der Waals surface area contributed by atoms with Crippen LogP contribution in [0.2, 0.25) is 0 Å². The van der Waals surface area contributed by atoms with E-state index in [0.717, 1.165) is 35.9 Å². The van der Waals surface area contributed by atoms with Crippen molar-refractivity contribution in [1.82, 2.24) is 14.9 Å². The normalized spacial score (nSPS) is 19.6. The maximum Gasteiger partial charge on any atom is 0.407 e. The first-order valence-corrected chi connectivity index (χ1v) is 6.16. The van der Waals surface area contributed by atoms with Crippen molar-refractivity contribution in [3.63, 3.8) is 0 Å². The number of amides is 1. The first-order valence-electron chi connectivity index (χ1n) is 6.16. The third kappa shape index (κ3) is 1.81. The van der Waals surface area contributed by atoms with Gasteiger partial charge < -0.3 is 15.0 Å². The Morgan fingerprint density at radius 3 is 3.33 bits per heavy atom. The molecule has 5 heteroatoms. The lowest BCUT2D eigenvalue weighted by atomic mass is 10.0. The molecule has 0 spiro atoms. The number of aromatic nitrogens is 2. The third-order valence-corrected chi connectivity index (χ3v) is 3.62. The largest absolute Gasteiger partial charge is 0.465 e. The molecule has 1 amide bonds. The van der Waals surface area contributed by atoms with Gasteiger partial charge >= 0.3 is 6.09 Å². The van der Waals surface area contributed by atoms with Crippen molar-refractivity contribution >= 4 is 17.1 Å². The van der Waals surface area contributed by atoms with Gasteiger partial charge in [0.15, 0.2) is 0 Å². The maximum atomic E-state index is 11.1. The molecule has 5 nitrogen and oxygen atoms in total. The lowest BCUT2D eigenvalue weighted by molar-refractivity contribution is 0.140. The molecule has 0 radical (unpaired) electrons. The van der Waals surface area contributed by atoms with Crippen molar-refractivity contribution in [3.05, 3.63) is 30.1 Å². The van der Waals surface area contributed by atoms with Crippen molar-refractivity contribution in [2.45, 2.75) is 25.3 Å². The Morgan fingerprint density at radius 2 is 2.50 bits per heavy atom. The van der Waals surface area contributed by atoms with Crippen LogP contribution in [0, 0.1) is 0 Å².